The molecule has 0 radical (unpaired) electrons. The van der Waals surface area contributed by atoms with Crippen LogP contribution in [0.5, 0.6) is 0 Å². The highest BCUT2D eigenvalue weighted by atomic mass is 16.6. The van der Waals surface area contributed by atoms with Gasteiger partial charge in [0.05, 0.1) is 7.11 Å². The number of cyclic esters (lactones) is 1. The van der Waals surface area contributed by atoms with Crippen LogP contribution in [0.1, 0.15) is 28.8 Å². The average molecular weight is 224 g/mol. The second-order valence-electron chi connectivity index (χ2n) is 3.21. The first-order valence-corrected chi connectivity index (χ1v) is 4.52. The van der Waals surface area contributed by atoms with Crippen molar-refractivity contribution in [2.24, 2.45) is 0 Å². The zero-order chi connectivity index (χ0) is 11.7. The van der Waals surface area contributed by atoms with Crippen LogP contribution in [0.25, 0.3) is 0 Å². The largest absolute Gasteiger partial charge is 0.463 e. The fourth-order valence-corrected chi connectivity index (χ4v) is 1.39. The van der Waals surface area contributed by atoms with Crippen LogP contribution in [0.2, 0.25) is 0 Å². The van der Waals surface area contributed by atoms with Gasteiger partial charge in [-0.25, -0.2) is 4.79 Å². The smallest absolute Gasteiger partial charge is 0.373 e. The number of esters is 2. The minimum absolute atomic E-state index is 0.0340. The van der Waals surface area contributed by atoms with E-state index >= 15 is 0 Å². The first-order valence-electron chi connectivity index (χ1n) is 4.52. The van der Waals surface area contributed by atoms with Gasteiger partial charge in [-0.1, -0.05) is 0 Å². The number of furan rings is 1. The highest BCUT2D eigenvalue weighted by Gasteiger charge is 2.36. The van der Waals surface area contributed by atoms with Crippen LogP contribution in [0.3, 0.4) is 0 Å². The Balaban J connectivity index is 2.22. The van der Waals surface area contributed by atoms with Gasteiger partial charge in [0.1, 0.15) is 6.42 Å². The molecule has 1 aliphatic rings. The number of ether oxygens (including phenoxy) is 2. The lowest BCUT2D eigenvalue weighted by Crippen LogP contribution is -2.05. The molecule has 1 atom stereocenters. The summed E-state index contributed by atoms with van der Waals surface area (Å²) in [5.74, 6) is -1.52. The van der Waals surface area contributed by atoms with Gasteiger partial charge in [-0.2, -0.15) is 0 Å². The summed E-state index contributed by atoms with van der Waals surface area (Å²) in [6, 6.07) is 2.77. The molecule has 0 bridgehead atoms. The van der Waals surface area contributed by atoms with Crippen LogP contribution in [0, 0.1) is 0 Å². The van der Waals surface area contributed by atoms with Crippen LogP contribution >= 0.6 is 0 Å². The van der Waals surface area contributed by atoms with Crippen molar-refractivity contribution < 1.29 is 28.3 Å². The van der Waals surface area contributed by atoms with Gasteiger partial charge in [0, 0.05) is 0 Å². The molecule has 1 aliphatic heterocycles. The van der Waals surface area contributed by atoms with Crippen molar-refractivity contribution >= 4 is 17.7 Å². The zero-order valence-electron chi connectivity index (χ0n) is 8.39. The second-order valence-corrected chi connectivity index (χ2v) is 3.21. The third kappa shape index (κ3) is 1.69. The Morgan fingerprint density at radius 2 is 2.19 bits per heavy atom. The van der Waals surface area contributed by atoms with Gasteiger partial charge in [-0.15, -0.1) is 0 Å². The van der Waals surface area contributed by atoms with E-state index in [1.54, 1.807) is 0 Å². The molecule has 0 aliphatic carbocycles. The van der Waals surface area contributed by atoms with Crippen molar-refractivity contribution in [1.29, 1.82) is 0 Å². The standard InChI is InChI=1S/C10H8O6/c1-14-10(13)7-3-2-6(15-7)9-5(11)4-8(12)16-9/h2-3,9H,4H2,1H3. The molecule has 1 fully saturated rings. The molecular weight excluding hydrogens is 216 g/mol. The molecule has 16 heavy (non-hydrogen) atoms. The van der Waals surface area contributed by atoms with Crippen molar-refractivity contribution in [3.8, 4) is 0 Å². The zero-order valence-corrected chi connectivity index (χ0v) is 8.39. The number of hydrogen-bond acceptors (Lipinski definition) is 6. The van der Waals surface area contributed by atoms with Crippen LogP contribution in [-0.2, 0) is 19.1 Å². The van der Waals surface area contributed by atoms with Crippen LogP contribution in [-0.4, -0.2) is 24.8 Å². The third-order valence-electron chi connectivity index (χ3n) is 2.13. The topological polar surface area (TPSA) is 82.8 Å². The van der Waals surface area contributed by atoms with E-state index in [1.165, 1.54) is 19.2 Å². The number of hydrogen-bond donors (Lipinski definition) is 0. The van der Waals surface area contributed by atoms with Gasteiger partial charge in [0.2, 0.25) is 11.9 Å². The van der Waals surface area contributed by atoms with E-state index in [0.29, 0.717) is 0 Å². The van der Waals surface area contributed by atoms with E-state index in [1.807, 2.05) is 0 Å². The average Bonchev–Trinajstić information content (AvgIpc) is 2.83. The molecule has 0 N–H and O–H groups in total. The lowest BCUT2D eigenvalue weighted by atomic mass is 10.2. The SMILES string of the molecule is COC(=O)c1ccc(C2OC(=O)CC2=O)o1. The quantitative estimate of drug-likeness (QED) is 0.541. The maximum absolute atomic E-state index is 11.3. The Hall–Kier alpha value is -2.11. The summed E-state index contributed by atoms with van der Waals surface area (Å²) in [4.78, 5) is 33.2. The van der Waals surface area contributed by atoms with Gasteiger partial charge >= 0.3 is 11.9 Å². The Bertz CT molecular complexity index is 458. The van der Waals surface area contributed by atoms with E-state index in [0.717, 1.165) is 0 Å². The number of ketones is 1. The predicted molar refractivity (Wildman–Crippen MR) is 48.5 cm³/mol. The molecule has 1 unspecified atom stereocenters. The van der Waals surface area contributed by atoms with E-state index in [4.69, 9.17) is 9.15 Å². The molecule has 1 aromatic rings. The second kappa shape index (κ2) is 3.80. The number of methoxy groups -OCH3 is 1. The number of carbonyl (C=O) groups excluding carboxylic acids is 3. The molecule has 0 aromatic carbocycles. The summed E-state index contributed by atoms with van der Waals surface area (Å²) >= 11 is 0. The number of rotatable bonds is 2. The van der Waals surface area contributed by atoms with Crippen molar-refractivity contribution in [2.45, 2.75) is 12.5 Å². The fraction of sp³-hybridized carbons (Fsp3) is 0.300. The molecule has 2 heterocycles. The summed E-state index contributed by atoms with van der Waals surface area (Å²) in [7, 11) is 1.21. The Kier molecular flexibility index (Phi) is 2.47. The van der Waals surface area contributed by atoms with Crippen molar-refractivity contribution in [2.75, 3.05) is 7.11 Å². The molecular formula is C10H8O6. The molecule has 2 rings (SSSR count). The first kappa shape index (κ1) is 10.4. The minimum Gasteiger partial charge on any atom is -0.463 e. The first-order chi connectivity index (χ1) is 7.61. The Morgan fingerprint density at radius 3 is 2.75 bits per heavy atom. The summed E-state index contributed by atoms with van der Waals surface area (Å²) < 4.78 is 14.3. The third-order valence-corrected chi connectivity index (χ3v) is 2.13. The molecule has 0 spiro atoms. The van der Waals surface area contributed by atoms with E-state index in [9.17, 15) is 14.4 Å². The number of carbonyl (C=O) groups is 3. The van der Waals surface area contributed by atoms with E-state index in [-0.39, 0.29) is 23.7 Å². The van der Waals surface area contributed by atoms with E-state index in [2.05, 4.69) is 4.74 Å². The van der Waals surface area contributed by atoms with Crippen LogP contribution < -0.4 is 0 Å². The van der Waals surface area contributed by atoms with Crippen molar-refractivity contribution in [3.63, 3.8) is 0 Å². The number of Topliss-reactive ketones (excluding diaryl/α,β-unsaturated/α-hetero) is 1. The van der Waals surface area contributed by atoms with Gasteiger partial charge < -0.3 is 13.9 Å². The highest BCUT2D eigenvalue weighted by molar-refractivity contribution is 6.03. The maximum Gasteiger partial charge on any atom is 0.373 e. The molecule has 1 saturated heterocycles. The Labute approximate surface area is 90.1 Å². The van der Waals surface area contributed by atoms with Crippen LogP contribution in [0.4, 0.5) is 0 Å². The Morgan fingerprint density at radius 1 is 1.44 bits per heavy atom. The van der Waals surface area contributed by atoms with Gasteiger partial charge in [0.15, 0.2) is 11.5 Å². The predicted octanol–water partition coefficient (Wildman–Crippen LogP) is 0.623. The molecule has 84 valence electrons. The van der Waals surface area contributed by atoms with E-state index < -0.39 is 18.0 Å². The normalized spacial score (nSPS) is 19.7. The fourth-order valence-electron chi connectivity index (χ4n) is 1.39. The maximum atomic E-state index is 11.3. The summed E-state index contributed by atoms with van der Waals surface area (Å²) in [6.45, 7) is 0. The van der Waals surface area contributed by atoms with Crippen molar-refractivity contribution in [3.05, 3.63) is 23.7 Å². The summed E-state index contributed by atoms with van der Waals surface area (Å²) in [5.41, 5.74) is 0. The highest BCUT2D eigenvalue weighted by Crippen LogP contribution is 2.27. The minimum atomic E-state index is -1.04. The lowest BCUT2D eigenvalue weighted by molar-refractivity contribution is -0.143. The molecule has 0 amide bonds. The van der Waals surface area contributed by atoms with Gasteiger partial charge in [-0.3, -0.25) is 9.59 Å². The van der Waals surface area contributed by atoms with Gasteiger partial charge in [0.25, 0.3) is 0 Å². The molecule has 0 saturated carbocycles. The molecule has 6 heteroatoms. The summed E-state index contributed by atoms with van der Waals surface area (Å²) in [5, 5.41) is 0. The van der Waals surface area contributed by atoms with Gasteiger partial charge in [-0.05, 0) is 12.1 Å². The lowest BCUT2D eigenvalue weighted by Gasteiger charge is -2.02. The van der Waals surface area contributed by atoms with Crippen LogP contribution in [0.15, 0.2) is 16.5 Å². The molecule has 6 nitrogen and oxygen atoms in total. The van der Waals surface area contributed by atoms with Crippen molar-refractivity contribution in [1.82, 2.24) is 0 Å². The summed E-state index contributed by atoms with van der Waals surface area (Å²) in [6.07, 6.45) is -1.30. The molecule has 1 aromatic heterocycles. The monoisotopic (exact) mass is 224 g/mol.